The summed E-state index contributed by atoms with van der Waals surface area (Å²) in [6.07, 6.45) is 0.544. The van der Waals surface area contributed by atoms with Gasteiger partial charge in [0.2, 0.25) is 0 Å². The van der Waals surface area contributed by atoms with Crippen LogP contribution in [0.2, 0.25) is 0 Å². The van der Waals surface area contributed by atoms with Gasteiger partial charge in [0.05, 0.1) is 6.04 Å². The van der Waals surface area contributed by atoms with Crippen molar-refractivity contribution in [2.24, 2.45) is 11.5 Å². The van der Waals surface area contributed by atoms with Gasteiger partial charge < -0.3 is 11.5 Å². The summed E-state index contributed by atoms with van der Waals surface area (Å²) in [7, 11) is 0. The van der Waals surface area contributed by atoms with E-state index in [9.17, 15) is 4.79 Å². The normalized spacial score (nSPS) is 14.9. The Bertz CT molecular complexity index is 126. The predicted molar refractivity (Wildman–Crippen MR) is 41.5 cm³/mol. The Kier molecular flexibility index (Phi) is 2.99. The van der Waals surface area contributed by atoms with E-state index in [0.717, 1.165) is 0 Å². The molecule has 60 valence electrons. The fourth-order valence-corrected chi connectivity index (χ4v) is 0.711. The molecular weight excluding hydrogens is 128 g/mol. The van der Waals surface area contributed by atoms with Crippen LogP contribution in [0.25, 0.3) is 0 Å². The van der Waals surface area contributed by atoms with E-state index in [2.05, 4.69) is 0 Å². The van der Waals surface area contributed by atoms with Crippen molar-refractivity contribution in [2.45, 2.75) is 38.8 Å². The largest absolute Gasteiger partial charge is 0.325 e. The highest BCUT2D eigenvalue weighted by Crippen LogP contribution is 2.06. The van der Waals surface area contributed by atoms with Crippen LogP contribution in [0.3, 0.4) is 0 Å². The number of nitrogens with two attached hydrogens (primary N) is 2. The minimum Gasteiger partial charge on any atom is -0.325 e. The molecule has 0 spiro atoms. The third kappa shape index (κ3) is 4.47. The highest BCUT2D eigenvalue weighted by atomic mass is 16.1. The molecule has 10 heavy (non-hydrogen) atoms. The number of rotatable bonds is 3. The Morgan fingerprint density at radius 2 is 2.00 bits per heavy atom. The van der Waals surface area contributed by atoms with Gasteiger partial charge in [-0.25, -0.2) is 0 Å². The van der Waals surface area contributed by atoms with E-state index < -0.39 is 6.04 Å². The Hall–Kier alpha value is -0.410. The lowest BCUT2D eigenvalue weighted by atomic mass is 9.95. The minimum atomic E-state index is -0.403. The van der Waals surface area contributed by atoms with E-state index in [1.54, 1.807) is 0 Å². The first kappa shape index (κ1) is 9.59. The molecule has 0 saturated heterocycles. The highest BCUT2D eigenvalue weighted by Gasteiger charge is 2.18. The van der Waals surface area contributed by atoms with Crippen LogP contribution in [-0.4, -0.2) is 17.4 Å². The molecule has 0 aliphatic heterocycles. The summed E-state index contributed by atoms with van der Waals surface area (Å²) in [6, 6.07) is -0.403. The van der Waals surface area contributed by atoms with Crippen molar-refractivity contribution >= 4 is 5.78 Å². The maximum Gasteiger partial charge on any atom is 0.146 e. The minimum absolute atomic E-state index is 0.00137. The Morgan fingerprint density at radius 3 is 2.10 bits per heavy atom. The van der Waals surface area contributed by atoms with Crippen LogP contribution in [-0.2, 0) is 4.79 Å². The van der Waals surface area contributed by atoms with Crippen LogP contribution in [0, 0.1) is 0 Å². The lowest BCUT2D eigenvalue weighted by Gasteiger charge is -2.21. The van der Waals surface area contributed by atoms with Gasteiger partial charge in [-0.05, 0) is 27.2 Å². The van der Waals surface area contributed by atoms with Crippen molar-refractivity contribution in [3.63, 3.8) is 0 Å². The molecule has 0 bridgehead atoms. The highest BCUT2D eigenvalue weighted by molar-refractivity contribution is 5.81. The number of ketones is 1. The summed E-state index contributed by atoms with van der Waals surface area (Å²) >= 11 is 0. The first-order valence-electron chi connectivity index (χ1n) is 3.38. The fourth-order valence-electron chi connectivity index (χ4n) is 0.711. The summed E-state index contributed by atoms with van der Waals surface area (Å²) in [6.45, 7) is 5.20. The predicted octanol–water partition coefficient (Wildman–Crippen LogP) is 0.0301. The van der Waals surface area contributed by atoms with Crippen molar-refractivity contribution in [1.29, 1.82) is 0 Å². The number of hydrogen-bond donors (Lipinski definition) is 2. The number of carbonyl (C=O) groups is 1. The van der Waals surface area contributed by atoms with Crippen LogP contribution in [0.4, 0.5) is 0 Å². The van der Waals surface area contributed by atoms with Gasteiger partial charge in [-0.15, -0.1) is 0 Å². The van der Waals surface area contributed by atoms with E-state index in [4.69, 9.17) is 11.5 Å². The number of hydrogen-bond acceptors (Lipinski definition) is 3. The molecule has 0 saturated carbocycles. The van der Waals surface area contributed by atoms with E-state index >= 15 is 0 Å². The van der Waals surface area contributed by atoms with Crippen molar-refractivity contribution in [3.05, 3.63) is 0 Å². The van der Waals surface area contributed by atoms with Crippen LogP contribution < -0.4 is 11.5 Å². The molecule has 0 aromatic heterocycles. The molecule has 0 rings (SSSR count). The summed E-state index contributed by atoms with van der Waals surface area (Å²) in [5.74, 6) is -0.00137. The third-order valence-electron chi connectivity index (χ3n) is 1.27. The second-order valence-corrected chi connectivity index (χ2v) is 3.41. The fraction of sp³-hybridized carbons (Fsp3) is 0.857. The first-order valence-corrected chi connectivity index (χ1v) is 3.38. The number of Topliss-reactive ketones (excluding diaryl/α,β-unsaturated/α-hetero) is 1. The summed E-state index contributed by atoms with van der Waals surface area (Å²) < 4.78 is 0. The number of carbonyl (C=O) groups excluding carboxylic acids is 1. The van der Waals surface area contributed by atoms with Crippen molar-refractivity contribution in [2.75, 3.05) is 0 Å². The van der Waals surface area contributed by atoms with Gasteiger partial charge in [0.1, 0.15) is 5.78 Å². The maximum absolute atomic E-state index is 10.6. The smallest absolute Gasteiger partial charge is 0.146 e. The molecule has 0 radical (unpaired) electrons. The third-order valence-corrected chi connectivity index (χ3v) is 1.27. The van der Waals surface area contributed by atoms with Crippen molar-refractivity contribution in [3.8, 4) is 0 Å². The van der Waals surface area contributed by atoms with E-state index in [1.165, 1.54) is 6.92 Å². The van der Waals surface area contributed by atoms with Gasteiger partial charge in [-0.1, -0.05) is 0 Å². The Morgan fingerprint density at radius 1 is 1.60 bits per heavy atom. The van der Waals surface area contributed by atoms with Gasteiger partial charge in [-0.2, -0.15) is 0 Å². The molecule has 1 atom stereocenters. The summed E-state index contributed by atoms with van der Waals surface area (Å²) in [4.78, 5) is 10.6. The average Bonchev–Trinajstić information content (AvgIpc) is 1.60. The zero-order valence-corrected chi connectivity index (χ0v) is 6.85. The molecule has 0 fully saturated rings. The summed E-state index contributed by atoms with van der Waals surface area (Å²) in [5, 5.41) is 0. The van der Waals surface area contributed by atoms with Crippen LogP contribution >= 0.6 is 0 Å². The molecule has 0 aromatic rings. The molecule has 4 N–H and O–H groups in total. The second-order valence-electron chi connectivity index (χ2n) is 3.41. The summed E-state index contributed by atoms with van der Waals surface area (Å²) in [5.41, 5.74) is 10.8. The molecule has 3 heteroatoms. The van der Waals surface area contributed by atoms with Crippen molar-refractivity contribution in [1.82, 2.24) is 0 Å². The SMILES string of the molecule is CC(=O)C(N)CC(C)(C)N. The Labute approximate surface area is 61.8 Å². The van der Waals surface area contributed by atoms with Crippen LogP contribution in [0.1, 0.15) is 27.2 Å². The lowest BCUT2D eigenvalue weighted by molar-refractivity contribution is -0.118. The first-order chi connectivity index (χ1) is 4.33. The zero-order valence-electron chi connectivity index (χ0n) is 6.85. The van der Waals surface area contributed by atoms with Crippen molar-refractivity contribution < 1.29 is 4.79 Å². The van der Waals surface area contributed by atoms with Crippen LogP contribution in [0.5, 0.6) is 0 Å². The van der Waals surface area contributed by atoms with Crippen LogP contribution in [0.15, 0.2) is 0 Å². The van der Waals surface area contributed by atoms with Gasteiger partial charge in [-0.3, -0.25) is 4.79 Å². The maximum atomic E-state index is 10.6. The Balaban J connectivity index is 3.80. The molecule has 0 aromatic carbocycles. The molecule has 0 aliphatic rings. The van der Waals surface area contributed by atoms with Gasteiger partial charge >= 0.3 is 0 Å². The molecule has 0 aliphatic carbocycles. The zero-order chi connectivity index (χ0) is 8.36. The van der Waals surface area contributed by atoms with E-state index in [-0.39, 0.29) is 11.3 Å². The van der Waals surface area contributed by atoms with Gasteiger partial charge in [0, 0.05) is 5.54 Å². The second kappa shape index (κ2) is 3.12. The van der Waals surface area contributed by atoms with Gasteiger partial charge in [0.25, 0.3) is 0 Å². The molecule has 3 nitrogen and oxygen atoms in total. The molecule has 0 amide bonds. The van der Waals surface area contributed by atoms with E-state index in [0.29, 0.717) is 6.42 Å². The molecule has 1 unspecified atom stereocenters. The monoisotopic (exact) mass is 144 g/mol. The average molecular weight is 144 g/mol. The van der Waals surface area contributed by atoms with Gasteiger partial charge in [0.15, 0.2) is 0 Å². The quantitative estimate of drug-likeness (QED) is 0.587. The lowest BCUT2D eigenvalue weighted by Crippen LogP contribution is -2.42. The van der Waals surface area contributed by atoms with E-state index in [1.807, 2.05) is 13.8 Å². The molecular formula is C7H16N2O. The topological polar surface area (TPSA) is 69.1 Å². The standard InChI is InChI=1S/C7H16N2O/c1-5(10)6(8)4-7(2,3)9/h6H,4,8-9H2,1-3H3. The molecule has 0 heterocycles.